The van der Waals surface area contributed by atoms with Crippen LogP contribution in [0, 0.1) is 23.0 Å². The van der Waals surface area contributed by atoms with E-state index in [1.165, 1.54) is 18.9 Å². The Bertz CT molecular complexity index is 444. The summed E-state index contributed by atoms with van der Waals surface area (Å²) in [5.74, 6) is 0.798. The van der Waals surface area contributed by atoms with Crippen LogP contribution in [0.4, 0.5) is 11.4 Å². The number of nitrogens with one attached hydrogen (secondary N) is 1. The Morgan fingerprint density at radius 2 is 2.26 bits per heavy atom. The van der Waals surface area contributed by atoms with E-state index in [9.17, 15) is 10.1 Å². The lowest BCUT2D eigenvalue weighted by Crippen LogP contribution is -2.08. The standard InChI is InChI=1S/C14H20N2O3/c1-11-3-6-13(16(17)18)9-14(11)15-7-2-8-19-10-12-4-5-12/h3,6,9,12,15H,2,4-5,7-8,10H2,1H3. The summed E-state index contributed by atoms with van der Waals surface area (Å²) in [6.45, 7) is 4.34. The molecule has 2 rings (SSSR count). The average Bonchev–Trinajstić information content (AvgIpc) is 3.19. The molecule has 1 aliphatic rings. The van der Waals surface area contributed by atoms with Crippen molar-refractivity contribution in [3.63, 3.8) is 0 Å². The molecular formula is C14H20N2O3. The monoisotopic (exact) mass is 264 g/mol. The van der Waals surface area contributed by atoms with Crippen molar-refractivity contribution in [2.75, 3.05) is 25.1 Å². The van der Waals surface area contributed by atoms with E-state index in [0.717, 1.165) is 43.3 Å². The third-order valence-electron chi connectivity index (χ3n) is 3.26. The van der Waals surface area contributed by atoms with Gasteiger partial charge in [-0.3, -0.25) is 10.1 Å². The predicted molar refractivity (Wildman–Crippen MR) is 74.5 cm³/mol. The molecule has 104 valence electrons. The summed E-state index contributed by atoms with van der Waals surface area (Å²) >= 11 is 0. The van der Waals surface area contributed by atoms with Crippen molar-refractivity contribution in [3.05, 3.63) is 33.9 Å². The van der Waals surface area contributed by atoms with Gasteiger partial charge >= 0.3 is 0 Å². The van der Waals surface area contributed by atoms with Crippen LogP contribution in [0.2, 0.25) is 0 Å². The third-order valence-corrected chi connectivity index (χ3v) is 3.26. The van der Waals surface area contributed by atoms with E-state index < -0.39 is 0 Å². The lowest BCUT2D eigenvalue weighted by molar-refractivity contribution is -0.384. The van der Waals surface area contributed by atoms with Gasteiger partial charge in [-0.15, -0.1) is 0 Å². The molecule has 0 amide bonds. The molecule has 0 heterocycles. The van der Waals surface area contributed by atoms with Crippen LogP contribution in [0.15, 0.2) is 18.2 Å². The highest BCUT2D eigenvalue weighted by atomic mass is 16.6. The zero-order valence-corrected chi connectivity index (χ0v) is 11.2. The second kappa shape index (κ2) is 6.52. The van der Waals surface area contributed by atoms with Crippen molar-refractivity contribution >= 4 is 11.4 Å². The zero-order chi connectivity index (χ0) is 13.7. The van der Waals surface area contributed by atoms with Crippen LogP contribution >= 0.6 is 0 Å². The summed E-state index contributed by atoms with van der Waals surface area (Å²) < 4.78 is 5.54. The van der Waals surface area contributed by atoms with Crippen LogP contribution in [-0.2, 0) is 4.74 Å². The first kappa shape index (κ1) is 13.8. The van der Waals surface area contributed by atoms with Crippen molar-refractivity contribution in [3.8, 4) is 0 Å². The number of aryl methyl sites for hydroxylation is 1. The smallest absolute Gasteiger partial charge is 0.271 e. The number of nitro groups is 1. The first-order chi connectivity index (χ1) is 9.16. The van der Waals surface area contributed by atoms with Crippen LogP contribution in [-0.4, -0.2) is 24.7 Å². The molecule has 1 aliphatic carbocycles. The summed E-state index contributed by atoms with van der Waals surface area (Å²) in [6, 6.07) is 4.88. The van der Waals surface area contributed by atoms with Gasteiger partial charge in [-0.05, 0) is 37.7 Å². The highest BCUT2D eigenvalue weighted by Crippen LogP contribution is 2.28. The Kier molecular flexibility index (Phi) is 4.74. The molecule has 0 bridgehead atoms. The van der Waals surface area contributed by atoms with Crippen LogP contribution in [0.1, 0.15) is 24.8 Å². The van der Waals surface area contributed by atoms with Gasteiger partial charge in [0.05, 0.1) is 4.92 Å². The maximum Gasteiger partial charge on any atom is 0.271 e. The zero-order valence-electron chi connectivity index (χ0n) is 11.2. The molecule has 0 unspecified atom stereocenters. The lowest BCUT2D eigenvalue weighted by atomic mass is 10.2. The van der Waals surface area contributed by atoms with Gasteiger partial charge in [0.2, 0.25) is 0 Å². The van der Waals surface area contributed by atoms with Gasteiger partial charge in [0, 0.05) is 37.6 Å². The number of rotatable bonds is 8. The van der Waals surface area contributed by atoms with Crippen LogP contribution in [0.25, 0.3) is 0 Å². The average molecular weight is 264 g/mol. The number of hydrogen-bond donors (Lipinski definition) is 1. The fourth-order valence-corrected chi connectivity index (χ4v) is 1.85. The largest absolute Gasteiger partial charge is 0.385 e. The molecule has 1 aromatic carbocycles. The van der Waals surface area contributed by atoms with Crippen molar-refractivity contribution in [1.29, 1.82) is 0 Å². The van der Waals surface area contributed by atoms with E-state index in [1.54, 1.807) is 12.1 Å². The van der Waals surface area contributed by atoms with E-state index >= 15 is 0 Å². The fraction of sp³-hybridized carbons (Fsp3) is 0.571. The molecule has 1 N–H and O–H groups in total. The summed E-state index contributed by atoms with van der Waals surface area (Å²) in [4.78, 5) is 10.3. The highest BCUT2D eigenvalue weighted by Gasteiger charge is 2.20. The number of non-ortho nitro benzene ring substituents is 1. The second-order valence-corrected chi connectivity index (χ2v) is 5.05. The van der Waals surface area contributed by atoms with E-state index in [4.69, 9.17) is 4.74 Å². The molecule has 0 aliphatic heterocycles. The molecule has 1 saturated carbocycles. The molecule has 0 radical (unpaired) electrons. The summed E-state index contributed by atoms with van der Waals surface area (Å²) in [7, 11) is 0. The summed E-state index contributed by atoms with van der Waals surface area (Å²) in [5, 5.41) is 13.9. The minimum atomic E-state index is -0.372. The minimum Gasteiger partial charge on any atom is -0.385 e. The molecule has 0 aromatic heterocycles. The minimum absolute atomic E-state index is 0.123. The number of benzene rings is 1. The normalized spacial score (nSPS) is 14.4. The number of hydrogen-bond acceptors (Lipinski definition) is 4. The second-order valence-electron chi connectivity index (χ2n) is 5.05. The Hall–Kier alpha value is -1.62. The molecule has 19 heavy (non-hydrogen) atoms. The number of nitrogens with zero attached hydrogens (tertiary/aromatic N) is 1. The van der Waals surface area contributed by atoms with E-state index in [2.05, 4.69) is 5.32 Å². The van der Waals surface area contributed by atoms with Crippen LogP contribution in [0.5, 0.6) is 0 Å². The van der Waals surface area contributed by atoms with Crippen molar-refractivity contribution < 1.29 is 9.66 Å². The predicted octanol–water partition coefficient (Wildman–Crippen LogP) is 3.13. The van der Waals surface area contributed by atoms with Crippen LogP contribution < -0.4 is 5.32 Å². The molecule has 1 aromatic rings. The van der Waals surface area contributed by atoms with Gasteiger partial charge in [-0.2, -0.15) is 0 Å². The quantitative estimate of drug-likeness (QED) is 0.445. The first-order valence-electron chi connectivity index (χ1n) is 6.73. The van der Waals surface area contributed by atoms with Gasteiger partial charge in [0.25, 0.3) is 5.69 Å². The molecule has 5 heteroatoms. The maximum absolute atomic E-state index is 10.7. The van der Waals surface area contributed by atoms with Gasteiger partial charge in [-0.25, -0.2) is 0 Å². The topological polar surface area (TPSA) is 64.4 Å². The molecule has 5 nitrogen and oxygen atoms in total. The molecule has 1 fully saturated rings. The fourth-order valence-electron chi connectivity index (χ4n) is 1.85. The molecule has 0 spiro atoms. The van der Waals surface area contributed by atoms with Crippen LogP contribution in [0.3, 0.4) is 0 Å². The number of ether oxygens (including phenoxy) is 1. The Morgan fingerprint density at radius 3 is 2.95 bits per heavy atom. The van der Waals surface area contributed by atoms with Crippen molar-refractivity contribution in [1.82, 2.24) is 0 Å². The van der Waals surface area contributed by atoms with Gasteiger partial charge < -0.3 is 10.1 Å². The van der Waals surface area contributed by atoms with Crippen molar-refractivity contribution in [2.24, 2.45) is 5.92 Å². The summed E-state index contributed by atoms with van der Waals surface area (Å²) in [5.41, 5.74) is 1.97. The molecule has 0 saturated heterocycles. The van der Waals surface area contributed by atoms with Gasteiger partial charge in [0.15, 0.2) is 0 Å². The summed E-state index contributed by atoms with van der Waals surface area (Å²) in [6.07, 6.45) is 3.53. The third kappa shape index (κ3) is 4.52. The van der Waals surface area contributed by atoms with Gasteiger partial charge in [-0.1, -0.05) is 6.07 Å². The Labute approximate surface area is 113 Å². The number of nitro benzene ring substituents is 1. The maximum atomic E-state index is 10.7. The van der Waals surface area contributed by atoms with E-state index in [1.807, 2.05) is 6.92 Å². The SMILES string of the molecule is Cc1ccc([N+](=O)[O-])cc1NCCCOCC1CC1. The first-order valence-corrected chi connectivity index (χ1v) is 6.73. The molecular weight excluding hydrogens is 244 g/mol. The van der Waals surface area contributed by atoms with E-state index in [-0.39, 0.29) is 10.6 Å². The van der Waals surface area contributed by atoms with Gasteiger partial charge in [0.1, 0.15) is 0 Å². The van der Waals surface area contributed by atoms with Crippen molar-refractivity contribution in [2.45, 2.75) is 26.2 Å². The van der Waals surface area contributed by atoms with E-state index in [0.29, 0.717) is 0 Å². The lowest BCUT2D eigenvalue weighted by Gasteiger charge is -2.09. The number of anilines is 1. The highest BCUT2D eigenvalue weighted by molar-refractivity contribution is 5.56. The Balaban J connectivity index is 1.71. The Morgan fingerprint density at radius 1 is 1.47 bits per heavy atom. The molecule has 0 atom stereocenters.